The van der Waals surface area contributed by atoms with Crippen molar-refractivity contribution in [2.75, 3.05) is 0 Å². The van der Waals surface area contributed by atoms with Gasteiger partial charge in [0.15, 0.2) is 0 Å². The monoisotopic (exact) mass is 237 g/mol. The number of carbonyl (C=O) groups excluding carboxylic acids is 1. The van der Waals surface area contributed by atoms with Gasteiger partial charge in [0.1, 0.15) is 0 Å². The fourth-order valence-electron chi connectivity index (χ4n) is 1.97. The van der Waals surface area contributed by atoms with E-state index < -0.39 is 5.91 Å². The number of para-hydroxylation sites is 1. The van der Waals surface area contributed by atoms with E-state index in [0.29, 0.717) is 11.3 Å². The minimum absolute atomic E-state index is 0.454. The molecule has 88 valence electrons. The lowest BCUT2D eigenvalue weighted by Gasteiger charge is -2.05. The Balaban J connectivity index is 2.23. The smallest absolute Gasteiger partial charge is 0.250 e. The summed E-state index contributed by atoms with van der Waals surface area (Å²) in [7, 11) is 0. The molecule has 0 atom stereocenters. The van der Waals surface area contributed by atoms with Crippen LogP contribution in [0.2, 0.25) is 0 Å². The third-order valence-electron chi connectivity index (χ3n) is 2.83. The van der Waals surface area contributed by atoms with Crippen LogP contribution in [0.15, 0.2) is 54.7 Å². The summed E-state index contributed by atoms with van der Waals surface area (Å²) in [6, 6.07) is 15.0. The zero-order valence-electron chi connectivity index (χ0n) is 9.58. The van der Waals surface area contributed by atoms with Crippen LogP contribution in [-0.4, -0.2) is 15.7 Å². The third kappa shape index (κ3) is 1.64. The molecular weight excluding hydrogens is 226 g/mol. The van der Waals surface area contributed by atoms with Crippen molar-refractivity contribution < 1.29 is 4.79 Å². The number of nitrogens with two attached hydrogens (primary N) is 1. The van der Waals surface area contributed by atoms with E-state index in [1.807, 2.05) is 42.6 Å². The number of hydrogen-bond acceptors (Lipinski definition) is 2. The maximum Gasteiger partial charge on any atom is 0.250 e. The number of rotatable bonds is 2. The largest absolute Gasteiger partial charge is 0.366 e. The van der Waals surface area contributed by atoms with Crippen LogP contribution in [0.4, 0.5) is 0 Å². The number of benzene rings is 2. The van der Waals surface area contributed by atoms with E-state index in [1.165, 1.54) is 0 Å². The molecule has 1 aromatic heterocycles. The highest BCUT2D eigenvalue weighted by Gasteiger charge is 2.10. The van der Waals surface area contributed by atoms with Gasteiger partial charge in [-0.05, 0) is 18.2 Å². The Morgan fingerprint density at radius 1 is 1.06 bits per heavy atom. The van der Waals surface area contributed by atoms with E-state index in [9.17, 15) is 4.79 Å². The quantitative estimate of drug-likeness (QED) is 0.742. The summed E-state index contributed by atoms with van der Waals surface area (Å²) in [6.07, 6.45) is 1.89. The molecule has 0 fully saturated rings. The molecule has 4 nitrogen and oxygen atoms in total. The maximum absolute atomic E-state index is 11.4. The molecule has 0 spiro atoms. The van der Waals surface area contributed by atoms with Crippen LogP contribution in [0.3, 0.4) is 0 Å². The van der Waals surface area contributed by atoms with Gasteiger partial charge in [-0.1, -0.05) is 30.3 Å². The standard InChI is InChI=1S/C14H11N3O/c15-14(18)11-6-2-4-8-13(11)17-9-10-5-1-3-7-12(10)16-17/h1-9H,(H2,15,18). The summed E-state index contributed by atoms with van der Waals surface area (Å²) in [5.41, 5.74) is 7.41. The maximum atomic E-state index is 11.4. The first-order valence-electron chi connectivity index (χ1n) is 5.59. The second-order valence-corrected chi connectivity index (χ2v) is 4.01. The molecule has 4 heteroatoms. The number of aromatic nitrogens is 2. The van der Waals surface area contributed by atoms with E-state index in [1.54, 1.807) is 16.8 Å². The molecule has 0 unspecified atom stereocenters. The first-order chi connectivity index (χ1) is 8.75. The molecule has 3 rings (SSSR count). The molecule has 18 heavy (non-hydrogen) atoms. The van der Waals surface area contributed by atoms with Crippen molar-refractivity contribution in [1.29, 1.82) is 0 Å². The van der Waals surface area contributed by atoms with E-state index in [-0.39, 0.29) is 0 Å². The van der Waals surface area contributed by atoms with Gasteiger partial charge in [0.2, 0.25) is 0 Å². The number of fused-ring (bicyclic) bond motifs is 1. The molecule has 0 aliphatic heterocycles. The zero-order valence-corrected chi connectivity index (χ0v) is 9.58. The summed E-state index contributed by atoms with van der Waals surface area (Å²) < 4.78 is 1.69. The highest BCUT2D eigenvalue weighted by Crippen LogP contribution is 2.18. The van der Waals surface area contributed by atoms with Gasteiger partial charge in [-0.25, -0.2) is 4.68 Å². The average Bonchev–Trinajstić information content (AvgIpc) is 2.82. The summed E-state index contributed by atoms with van der Waals surface area (Å²) in [5, 5.41) is 5.46. The third-order valence-corrected chi connectivity index (χ3v) is 2.83. The Morgan fingerprint density at radius 2 is 1.78 bits per heavy atom. The second-order valence-electron chi connectivity index (χ2n) is 4.01. The molecular formula is C14H11N3O. The first-order valence-corrected chi connectivity index (χ1v) is 5.59. The van der Waals surface area contributed by atoms with Gasteiger partial charge in [-0.3, -0.25) is 4.79 Å². The van der Waals surface area contributed by atoms with Gasteiger partial charge in [0.05, 0.1) is 16.8 Å². The first kappa shape index (κ1) is 10.5. The van der Waals surface area contributed by atoms with Crippen molar-refractivity contribution in [3.05, 3.63) is 60.3 Å². The summed E-state index contributed by atoms with van der Waals surface area (Å²) in [5.74, 6) is -0.454. The predicted octanol–water partition coefficient (Wildman–Crippen LogP) is 2.12. The number of nitrogens with zero attached hydrogens (tertiary/aromatic N) is 2. The zero-order chi connectivity index (χ0) is 12.5. The Kier molecular flexibility index (Phi) is 2.34. The van der Waals surface area contributed by atoms with E-state index >= 15 is 0 Å². The van der Waals surface area contributed by atoms with Crippen LogP contribution in [0.5, 0.6) is 0 Å². The van der Waals surface area contributed by atoms with Crippen molar-refractivity contribution in [2.24, 2.45) is 5.73 Å². The molecule has 0 aliphatic rings. The number of primary amides is 1. The van der Waals surface area contributed by atoms with E-state index in [4.69, 9.17) is 5.73 Å². The van der Waals surface area contributed by atoms with Crippen LogP contribution < -0.4 is 5.73 Å². The highest BCUT2D eigenvalue weighted by atomic mass is 16.1. The average molecular weight is 237 g/mol. The van der Waals surface area contributed by atoms with Gasteiger partial charge in [0, 0.05) is 11.6 Å². The molecule has 0 bridgehead atoms. The van der Waals surface area contributed by atoms with Crippen molar-refractivity contribution in [1.82, 2.24) is 9.78 Å². The van der Waals surface area contributed by atoms with E-state index in [2.05, 4.69) is 5.10 Å². The number of hydrogen-bond donors (Lipinski definition) is 1. The molecule has 1 heterocycles. The van der Waals surface area contributed by atoms with Crippen molar-refractivity contribution in [2.45, 2.75) is 0 Å². The molecule has 0 saturated heterocycles. The van der Waals surface area contributed by atoms with Crippen molar-refractivity contribution in [3.8, 4) is 5.69 Å². The fraction of sp³-hybridized carbons (Fsp3) is 0. The molecule has 1 amide bonds. The molecule has 0 saturated carbocycles. The van der Waals surface area contributed by atoms with Gasteiger partial charge in [-0.15, -0.1) is 0 Å². The number of carbonyl (C=O) groups is 1. The lowest BCUT2D eigenvalue weighted by molar-refractivity contribution is 0.1000. The lowest BCUT2D eigenvalue weighted by Crippen LogP contribution is -2.14. The molecule has 2 N–H and O–H groups in total. The fourth-order valence-corrected chi connectivity index (χ4v) is 1.97. The minimum atomic E-state index is -0.454. The normalized spacial score (nSPS) is 10.7. The Hall–Kier alpha value is -2.62. The summed E-state index contributed by atoms with van der Waals surface area (Å²) in [6.45, 7) is 0. The summed E-state index contributed by atoms with van der Waals surface area (Å²) >= 11 is 0. The number of amides is 1. The van der Waals surface area contributed by atoms with Crippen LogP contribution in [0, 0.1) is 0 Å². The van der Waals surface area contributed by atoms with Gasteiger partial charge in [-0.2, -0.15) is 5.10 Å². The second kappa shape index (κ2) is 4.00. The highest BCUT2D eigenvalue weighted by molar-refractivity contribution is 5.96. The van der Waals surface area contributed by atoms with Gasteiger partial charge in [0.25, 0.3) is 5.91 Å². The Labute approximate surface area is 104 Å². The van der Waals surface area contributed by atoms with Crippen molar-refractivity contribution >= 4 is 16.8 Å². The van der Waals surface area contributed by atoms with Crippen LogP contribution in [0.25, 0.3) is 16.6 Å². The lowest BCUT2D eigenvalue weighted by atomic mass is 10.1. The van der Waals surface area contributed by atoms with E-state index in [0.717, 1.165) is 10.9 Å². The predicted molar refractivity (Wildman–Crippen MR) is 69.6 cm³/mol. The molecule has 0 aliphatic carbocycles. The Bertz CT molecular complexity index is 697. The van der Waals surface area contributed by atoms with Gasteiger partial charge < -0.3 is 5.73 Å². The molecule has 0 radical (unpaired) electrons. The van der Waals surface area contributed by atoms with Crippen LogP contribution in [0.1, 0.15) is 10.4 Å². The SMILES string of the molecule is NC(=O)c1ccccc1-n1cc2ccccc2n1. The summed E-state index contributed by atoms with van der Waals surface area (Å²) in [4.78, 5) is 11.4. The van der Waals surface area contributed by atoms with Crippen LogP contribution in [-0.2, 0) is 0 Å². The van der Waals surface area contributed by atoms with Crippen LogP contribution >= 0.6 is 0 Å². The Morgan fingerprint density at radius 3 is 2.56 bits per heavy atom. The molecule has 2 aromatic carbocycles. The van der Waals surface area contributed by atoms with Crippen molar-refractivity contribution in [3.63, 3.8) is 0 Å². The molecule has 3 aromatic rings. The minimum Gasteiger partial charge on any atom is -0.366 e. The van der Waals surface area contributed by atoms with Gasteiger partial charge >= 0.3 is 0 Å². The topological polar surface area (TPSA) is 60.9 Å².